The summed E-state index contributed by atoms with van der Waals surface area (Å²) in [5.74, 6) is -0.467. The van der Waals surface area contributed by atoms with Crippen LogP contribution in [0.4, 0.5) is 18.9 Å². The highest BCUT2D eigenvalue weighted by Crippen LogP contribution is 2.32. The second-order valence-corrected chi connectivity index (χ2v) is 3.54. The van der Waals surface area contributed by atoms with Gasteiger partial charge in [-0.2, -0.15) is 0 Å². The van der Waals surface area contributed by atoms with Crippen LogP contribution in [-0.2, 0) is 6.61 Å². The molecule has 0 saturated heterocycles. The van der Waals surface area contributed by atoms with Crippen LogP contribution in [0.1, 0.15) is 5.56 Å². The van der Waals surface area contributed by atoms with E-state index in [1.54, 1.807) is 0 Å². The standard InChI is InChI=1S/C8H7BrF3NO2/c9-5-2-7(15-8(10,11)12)4(3-14)1-6(5)13/h1-2,14H,3,13H2. The molecule has 0 saturated carbocycles. The number of alkyl halides is 3. The van der Waals surface area contributed by atoms with Crippen molar-refractivity contribution >= 4 is 21.6 Å². The minimum absolute atomic E-state index is 0.0203. The van der Waals surface area contributed by atoms with Crippen molar-refractivity contribution in [3.05, 3.63) is 22.2 Å². The number of hydrogen-bond acceptors (Lipinski definition) is 3. The maximum Gasteiger partial charge on any atom is 0.573 e. The Morgan fingerprint density at radius 1 is 1.40 bits per heavy atom. The van der Waals surface area contributed by atoms with Crippen molar-refractivity contribution in [1.82, 2.24) is 0 Å². The van der Waals surface area contributed by atoms with Gasteiger partial charge in [0.05, 0.1) is 6.61 Å². The number of nitrogens with two attached hydrogens (primary N) is 1. The molecule has 0 bridgehead atoms. The molecule has 7 heteroatoms. The van der Waals surface area contributed by atoms with Gasteiger partial charge in [0.25, 0.3) is 0 Å². The summed E-state index contributed by atoms with van der Waals surface area (Å²) in [6, 6.07) is 2.28. The minimum atomic E-state index is -4.79. The quantitative estimate of drug-likeness (QED) is 0.821. The zero-order valence-electron chi connectivity index (χ0n) is 7.31. The maximum absolute atomic E-state index is 11.9. The summed E-state index contributed by atoms with van der Waals surface area (Å²) in [4.78, 5) is 0. The van der Waals surface area contributed by atoms with Crippen LogP contribution in [0.5, 0.6) is 5.75 Å². The number of anilines is 1. The van der Waals surface area contributed by atoms with Gasteiger partial charge in [-0.05, 0) is 28.1 Å². The van der Waals surface area contributed by atoms with Gasteiger partial charge in [-0.15, -0.1) is 13.2 Å². The van der Waals surface area contributed by atoms with E-state index in [1.165, 1.54) is 6.07 Å². The number of halogens is 4. The van der Waals surface area contributed by atoms with Crippen LogP contribution in [0.2, 0.25) is 0 Å². The molecule has 0 aliphatic carbocycles. The fraction of sp³-hybridized carbons (Fsp3) is 0.250. The van der Waals surface area contributed by atoms with Crippen molar-refractivity contribution in [2.75, 3.05) is 5.73 Å². The highest BCUT2D eigenvalue weighted by atomic mass is 79.9. The van der Waals surface area contributed by atoms with Crippen LogP contribution >= 0.6 is 15.9 Å². The lowest BCUT2D eigenvalue weighted by Gasteiger charge is -2.13. The van der Waals surface area contributed by atoms with E-state index in [2.05, 4.69) is 20.7 Å². The Kier molecular flexibility index (Phi) is 3.46. The van der Waals surface area contributed by atoms with Crippen LogP contribution in [0, 0.1) is 0 Å². The SMILES string of the molecule is Nc1cc(CO)c(OC(F)(F)F)cc1Br. The van der Waals surface area contributed by atoms with E-state index in [9.17, 15) is 13.2 Å². The Balaban J connectivity index is 3.11. The van der Waals surface area contributed by atoms with Crippen molar-refractivity contribution in [3.8, 4) is 5.75 Å². The van der Waals surface area contributed by atoms with Gasteiger partial charge >= 0.3 is 6.36 Å². The van der Waals surface area contributed by atoms with E-state index in [4.69, 9.17) is 10.8 Å². The molecule has 0 aromatic heterocycles. The minimum Gasteiger partial charge on any atom is -0.405 e. The predicted octanol–water partition coefficient (Wildman–Crippen LogP) is 2.42. The molecule has 0 aliphatic heterocycles. The molecule has 1 aromatic rings. The number of aliphatic hydroxyl groups excluding tert-OH is 1. The third-order valence-corrected chi connectivity index (χ3v) is 2.26. The van der Waals surface area contributed by atoms with Crippen LogP contribution < -0.4 is 10.5 Å². The van der Waals surface area contributed by atoms with Gasteiger partial charge in [-0.25, -0.2) is 0 Å². The Morgan fingerprint density at radius 3 is 2.47 bits per heavy atom. The summed E-state index contributed by atoms with van der Waals surface area (Å²) < 4.78 is 39.8. The summed E-state index contributed by atoms with van der Waals surface area (Å²) in [6.45, 7) is -0.580. The van der Waals surface area contributed by atoms with E-state index >= 15 is 0 Å². The monoisotopic (exact) mass is 285 g/mol. The van der Waals surface area contributed by atoms with Gasteiger partial charge in [0.15, 0.2) is 0 Å². The zero-order chi connectivity index (χ0) is 11.6. The van der Waals surface area contributed by atoms with Gasteiger partial charge < -0.3 is 15.6 Å². The largest absolute Gasteiger partial charge is 0.573 e. The first-order valence-electron chi connectivity index (χ1n) is 3.78. The molecular formula is C8H7BrF3NO2. The Bertz CT molecular complexity index is 368. The first-order valence-corrected chi connectivity index (χ1v) is 4.57. The Labute approximate surface area is 91.8 Å². The molecule has 0 spiro atoms. The van der Waals surface area contributed by atoms with Crippen LogP contribution in [0.15, 0.2) is 16.6 Å². The molecule has 84 valence electrons. The lowest BCUT2D eigenvalue weighted by atomic mass is 10.2. The zero-order valence-corrected chi connectivity index (χ0v) is 8.89. The smallest absolute Gasteiger partial charge is 0.405 e. The van der Waals surface area contributed by atoms with E-state index in [1.807, 2.05) is 0 Å². The Morgan fingerprint density at radius 2 is 2.00 bits per heavy atom. The summed E-state index contributed by atoms with van der Waals surface area (Å²) in [5, 5.41) is 8.81. The lowest BCUT2D eigenvalue weighted by molar-refractivity contribution is -0.275. The number of hydrogen-bond donors (Lipinski definition) is 2. The molecule has 0 unspecified atom stereocenters. The third-order valence-electron chi connectivity index (χ3n) is 1.58. The van der Waals surface area contributed by atoms with Crippen molar-refractivity contribution in [2.24, 2.45) is 0 Å². The maximum atomic E-state index is 11.9. The molecule has 1 rings (SSSR count). The van der Waals surface area contributed by atoms with E-state index in [-0.39, 0.29) is 15.7 Å². The number of ether oxygens (including phenoxy) is 1. The molecule has 3 N–H and O–H groups in total. The summed E-state index contributed by atoms with van der Waals surface area (Å²) in [6.07, 6.45) is -4.79. The van der Waals surface area contributed by atoms with Crippen molar-refractivity contribution < 1.29 is 23.0 Å². The molecule has 0 aliphatic rings. The molecule has 0 amide bonds. The first-order chi connectivity index (χ1) is 6.83. The lowest BCUT2D eigenvalue weighted by Crippen LogP contribution is -2.18. The Hall–Kier alpha value is -0.950. The van der Waals surface area contributed by atoms with Gasteiger partial charge in [0, 0.05) is 15.7 Å². The van der Waals surface area contributed by atoms with Gasteiger partial charge in [0.1, 0.15) is 5.75 Å². The molecular weight excluding hydrogens is 279 g/mol. The average Bonchev–Trinajstić information content (AvgIpc) is 2.08. The number of benzene rings is 1. The first kappa shape index (κ1) is 12.1. The van der Waals surface area contributed by atoms with E-state index in [0.717, 1.165) is 6.07 Å². The van der Waals surface area contributed by atoms with E-state index in [0.29, 0.717) is 0 Å². The average molecular weight is 286 g/mol. The highest BCUT2D eigenvalue weighted by molar-refractivity contribution is 9.10. The van der Waals surface area contributed by atoms with Crippen molar-refractivity contribution in [1.29, 1.82) is 0 Å². The van der Waals surface area contributed by atoms with E-state index < -0.39 is 18.7 Å². The van der Waals surface area contributed by atoms with Crippen LogP contribution in [0.25, 0.3) is 0 Å². The fourth-order valence-corrected chi connectivity index (χ4v) is 1.28. The summed E-state index contributed by atoms with van der Waals surface area (Å²) in [5.41, 5.74) is 5.64. The second-order valence-electron chi connectivity index (χ2n) is 2.69. The molecule has 1 aromatic carbocycles. The fourth-order valence-electron chi connectivity index (χ4n) is 0.962. The topological polar surface area (TPSA) is 55.5 Å². The van der Waals surface area contributed by atoms with Gasteiger partial charge in [-0.3, -0.25) is 0 Å². The van der Waals surface area contributed by atoms with Gasteiger partial charge in [-0.1, -0.05) is 0 Å². The highest BCUT2D eigenvalue weighted by Gasteiger charge is 2.32. The predicted molar refractivity (Wildman–Crippen MR) is 51.2 cm³/mol. The number of aliphatic hydroxyl groups is 1. The molecule has 0 radical (unpaired) electrons. The van der Waals surface area contributed by atoms with Gasteiger partial charge in [0.2, 0.25) is 0 Å². The third kappa shape index (κ3) is 3.28. The second kappa shape index (κ2) is 4.28. The number of rotatable bonds is 2. The normalized spacial score (nSPS) is 11.5. The summed E-state index contributed by atoms with van der Waals surface area (Å²) >= 11 is 2.96. The molecule has 0 heterocycles. The number of nitrogen functional groups attached to an aromatic ring is 1. The molecule has 3 nitrogen and oxygen atoms in total. The van der Waals surface area contributed by atoms with Crippen LogP contribution in [-0.4, -0.2) is 11.5 Å². The van der Waals surface area contributed by atoms with Crippen molar-refractivity contribution in [3.63, 3.8) is 0 Å². The molecule has 0 atom stereocenters. The molecule has 0 fully saturated rings. The molecule has 15 heavy (non-hydrogen) atoms. The van der Waals surface area contributed by atoms with Crippen LogP contribution in [0.3, 0.4) is 0 Å². The van der Waals surface area contributed by atoms with Crippen molar-refractivity contribution in [2.45, 2.75) is 13.0 Å². The summed E-state index contributed by atoms with van der Waals surface area (Å²) in [7, 11) is 0.